The van der Waals surface area contributed by atoms with E-state index in [2.05, 4.69) is 39.8 Å². The molecule has 2 N–H and O–H groups in total. The summed E-state index contributed by atoms with van der Waals surface area (Å²) in [5, 5.41) is 6.03. The molecule has 2 aliphatic rings. The molecule has 2 aromatic carbocycles. The van der Waals surface area contributed by atoms with E-state index >= 15 is 0 Å². The zero-order chi connectivity index (χ0) is 22.2. The van der Waals surface area contributed by atoms with Crippen molar-refractivity contribution < 1.29 is 9.59 Å². The summed E-state index contributed by atoms with van der Waals surface area (Å²) >= 11 is 0. The number of anilines is 1. The van der Waals surface area contributed by atoms with Gasteiger partial charge >= 0.3 is 6.03 Å². The molecule has 0 bridgehead atoms. The molecule has 0 aliphatic carbocycles. The van der Waals surface area contributed by atoms with Crippen molar-refractivity contribution in [2.45, 2.75) is 38.6 Å². The topological polar surface area (TPSA) is 64.7 Å². The van der Waals surface area contributed by atoms with E-state index in [0.717, 1.165) is 57.5 Å². The molecule has 1 fully saturated rings. The Morgan fingerprint density at radius 3 is 2.41 bits per heavy atom. The van der Waals surface area contributed by atoms with Crippen LogP contribution in [-0.2, 0) is 17.8 Å². The molecule has 170 valence electrons. The first-order valence-electron chi connectivity index (χ1n) is 11.8. The van der Waals surface area contributed by atoms with Crippen LogP contribution in [0, 0.1) is 5.92 Å². The summed E-state index contributed by atoms with van der Waals surface area (Å²) < 4.78 is 0. The first-order chi connectivity index (χ1) is 15.7. The SMILES string of the molecule is O=C(CC1CCN(C(=O)Nc2ccccc2)CC1)NCCCN1CCc2ccccc2C1. The predicted molar refractivity (Wildman–Crippen MR) is 127 cm³/mol. The molecule has 0 aromatic heterocycles. The second kappa shape index (κ2) is 11.1. The third-order valence-corrected chi connectivity index (χ3v) is 6.58. The van der Waals surface area contributed by atoms with Crippen LogP contribution in [0.15, 0.2) is 54.6 Å². The fraction of sp³-hybridized carbons (Fsp3) is 0.462. The summed E-state index contributed by atoms with van der Waals surface area (Å²) in [5.41, 5.74) is 3.72. The molecule has 1 saturated heterocycles. The van der Waals surface area contributed by atoms with Crippen molar-refractivity contribution in [2.75, 3.05) is 38.0 Å². The van der Waals surface area contributed by atoms with Gasteiger partial charge in [0.2, 0.25) is 5.91 Å². The Morgan fingerprint density at radius 1 is 0.906 bits per heavy atom. The van der Waals surface area contributed by atoms with Crippen molar-refractivity contribution in [2.24, 2.45) is 5.92 Å². The number of amides is 3. The van der Waals surface area contributed by atoms with Crippen LogP contribution < -0.4 is 10.6 Å². The third-order valence-electron chi connectivity index (χ3n) is 6.58. The van der Waals surface area contributed by atoms with Crippen molar-refractivity contribution in [3.05, 3.63) is 65.7 Å². The Kier molecular flexibility index (Phi) is 7.77. The monoisotopic (exact) mass is 434 g/mol. The Morgan fingerprint density at radius 2 is 1.62 bits per heavy atom. The van der Waals surface area contributed by atoms with Gasteiger partial charge in [0.25, 0.3) is 0 Å². The van der Waals surface area contributed by atoms with Gasteiger partial charge in [0.05, 0.1) is 0 Å². The minimum Gasteiger partial charge on any atom is -0.356 e. The van der Waals surface area contributed by atoms with Gasteiger partial charge in [-0.15, -0.1) is 0 Å². The maximum absolute atomic E-state index is 12.4. The number of hydrogen-bond donors (Lipinski definition) is 2. The van der Waals surface area contributed by atoms with Gasteiger partial charge in [-0.2, -0.15) is 0 Å². The van der Waals surface area contributed by atoms with Gasteiger partial charge in [-0.25, -0.2) is 4.79 Å². The standard InChI is InChI=1S/C26H34N4O2/c31-25(27-14-6-15-29-16-13-22-7-4-5-8-23(22)20-29)19-21-11-17-30(18-12-21)26(32)28-24-9-2-1-3-10-24/h1-5,7-10,21H,6,11-20H2,(H,27,31)(H,28,32). The van der Waals surface area contributed by atoms with Crippen molar-refractivity contribution in [1.82, 2.24) is 15.1 Å². The molecule has 3 amide bonds. The van der Waals surface area contributed by atoms with E-state index in [4.69, 9.17) is 0 Å². The normalized spacial score (nSPS) is 16.9. The van der Waals surface area contributed by atoms with Gasteiger partial charge in [0, 0.05) is 51.4 Å². The van der Waals surface area contributed by atoms with Crippen molar-refractivity contribution >= 4 is 17.6 Å². The van der Waals surface area contributed by atoms with Gasteiger partial charge in [-0.05, 0) is 54.9 Å². The van der Waals surface area contributed by atoms with Crippen LogP contribution in [0.2, 0.25) is 0 Å². The van der Waals surface area contributed by atoms with E-state index in [1.165, 1.54) is 11.1 Å². The number of nitrogens with zero attached hydrogens (tertiary/aromatic N) is 2. The summed E-state index contributed by atoms with van der Waals surface area (Å²) in [7, 11) is 0. The highest BCUT2D eigenvalue weighted by molar-refractivity contribution is 5.89. The number of likely N-dealkylation sites (tertiary alicyclic amines) is 1. The first-order valence-corrected chi connectivity index (χ1v) is 11.8. The van der Waals surface area contributed by atoms with Crippen LogP contribution >= 0.6 is 0 Å². The van der Waals surface area contributed by atoms with Gasteiger partial charge in [-0.1, -0.05) is 42.5 Å². The number of carbonyl (C=O) groups is 2. The molecule has 2 aliphatic heterocycles. The molecule has 0 radical (unpaired) electrons. The lowest BCUT2D eigenvalue weighted by atomic mass is 9.93. The van der Waals surface area contributed by atoms with Gasteiger partial charge in [-0.3, -0.25) is 9.69 Å². The Bertz CT molecular complexity index is 894. The first kappa shape index (κ1) is 22.3. The van der Waals surface area contributed by atoms with E-state index < -0.39 is 0 Å². The number of nitrogens with one attached hydrogen (secondary N) is 2. The van der Waals surface area contributed by atoms with E-state index in [9.17, 15) is 9.59 Å². The predicted octanol–water partition coefficient (Wildman–Crippen LogP) is 3.89. The smallest absolute Gasteiger partial charge is 0.321 e. The number of rotatable bonds is 7. The third kappa shape index (κ3) is 6.33. The largest absolute Gasteiger partial charge is 0.356 e. The summed E-state index contributed by atoms with van der Waals surface area (Å²) in [6.45, 7) is 5.26. The number of para-hydroxylation sites is 1. The highest BCUT2D eigenvalue weighted by atomic mass is 16.2. The lowest BCUT2D eigenvalue weighted by Crippen LogP contribution is -2.42. The average molecular weight is 435 g/mol. The average Bonchev–Trinajstić information content (AvgIpc) is 2.83. The molecule has 2 aromatic rings. The summed E-state index contributed by atoms with van der Waals surface area (Å²) in [4.78, 5) is 29.1. The Labute approximate surface area is 191 Å². The van der Waals surface area contributed by atoms with Crippen LogP contribution in [0.25, 0.3) is 0 Å². The van der Waals surface area contributed by atoms with E-state index in [0.29, 0.717) is 25.4 Å². The fourth-order valence-corrected chi connectivity index (χ4v) is 4.67. The molecule has 0 atom stereocenters. The number of piperidine rings is 1. The molecule has 0 spiro atoms. The molecule has 4 rings (SSSR count). The zero-order valence-electron chi connectivity index (χ0n) is 18.8. The highest BCUT2D eigenvalue weighted by Crippen LogP contribution is 2.21. The van der Waals surface area contributed by atoms with Crippen LogP contribution in [0.3, 0.4) is 0 Å². The lowest BCUT2D eigenvalue weighted by Gasteiger charge is -2.31. The van der Waals surface area contributed by atoms with E-state index in [1.807, 2.05) is 35.2 Å². The fourth-order valence-electron chi connectivity index (χ4n) is 4.67. The van der Waals surface area contributed by atoms with Crippen molar-refractivity contribution in [1.29, 1.82) is 0 Å². The van der Waals surface area contributed by atoms with Gasteiger partial charge < -0.3 is 15.5 Å². The molecule has 2 heterocycles. The molecule has 0 saturated carbocycles. The van der Waals surface area contributed by atoms with Crippen LogP contribution in [0.5, 0.6) is 0 Å². The minimum absolute atomic E-state index is 0.0561. The Hall–Kier alpha value is -2.86. The molecule has 32 heavy (non-hydrogen) atoms. The second-order valence-corrected chi connectivity index (χ2v) is 8.93. The summed E-state index contributed by atoms with van der Waals surface area (Å²) in [5.74, 6) is 0.496. The number of hydrogen-bond acceptors (Lipinski definition) is 3. The minimum atomic E-state index is -0.0561. The zero-order valence-corrected chi connectivity index (χ0v) is 18.8. The van der Waals surface area contributed by atoms with E-state index in [1.54, 1.807) is 0 Å². The molecular formula is C26H34N4O2. The molecule has 6 heteroatoms. The quantitative estimate of drug-likeness (QED) is 0.650. The molecular weight excluding hydrogens is 400 g/mol. The summed E-state index contributed by atoms with van der Waals surface area (Å²) in [6.07, 6.45) is 4.41. The van der Waals surface area contributed by atoms with Crippen molar-refractivity contribution in [3.8, 4) is 0 Å². The number of carbonyl (C=O) groups excluding carboxylic acids is 2. The molecule has 6 nitrogen and oxygen atoms in total. The van der Waals surface area contributed by atoms with Crippen LogP contribution in [0.4, 0.5) is 10.5 Å². The second-order valence-electron chi connectivity index (χ2n) is 8.93. The maximum atomic E-state index is 12.4. The highest BCUT2D eigenvalue weighted by Gasteiger charge is 2.24. The van der Waals surface area contributed by atoms with Crippen molar-refractivity contribution in [3.63, 3.8) is 0 Å². The van der Waals surface area contributed by atoms with Gasteiger partial charge in [0.1, 0.15) is 0 Å². The Balaban J connectivity index is 1.09. The lowest BCUT2D eigenvalue weighted by molar-refractivity contribution is -0.122. The number of urea groups is 1. The summed E-state index contributed by atoms with van der Waals surface area (Å²) in [6, 6.07) is 18.2. The number of benzene rings is 2. The van der Waals surface area contributed by atoms with Gasteiger partial charge in [0.15, 0.2) is 0 Å². The molecule has 0 unspecified atom stereocenters. The van der Waals surface area contributed by atoms with Crippen LogP contribution in [-0.4, -0.2) is 54.5 Å². The van der Waals surface area contributed by atoms with E-state index in [-0.39, 0.29) is 11.9 Å². The van der Waals surface area contributed by atoms with Crippen LogP contribution in [0.1, 0.15) is 36.8 Å². The number of fused-ring (bicyclic) bond motifs is 1. The maximum Gasteiger partial charge on any atom is 0.321 e.